The SMILES string of the molecule is Cc1ccc(S(=O)(=O)NC(=O)Nc2cccc(C(=O)OCCN3C(=O)C4CCCCC4C3=O)c2)cc1. The highest BCUT2D eigenvalue weighted by atomic mass is 32.2. The highest BCUT2D eigenvalue weighted by molar-refractivity contribution is 7.90. The Balaban J connectivity index is 1.31. The number of esters is 1. The van der Waals surface area contributed by atoms with Gasteiger partial charge in [-0.2, -0.15) is 0 Å². The molecule has 1 heterocycles. The molecule has 2 N–H and O–H groups in total. The third-order valence-electron chi connectivity index (χ3n) is 6.39. The summed E-state index contributed by atoms with van der Waals surface area (Å²) in [7, 11) is -4.07. The van der Waals surface area contributed by atoms with E-state index in [4.69, 9.17) is 4.74 Å². The number of aryl methyl sites for hydroxylation is 1. The number of hydrogen-bond acceptors (Lipinski definition) is 7. The monoisotopic (exact) mass is 513 g/mol. The van der Waals surface area contributed by atoms with Gasteiger partial charge in [-0.3, -0.25) is 14.5 Å². The van der Waals surface area contributed by atoms with Crippen molar-refractivity contribution in [2.75, 3.05) is 18.5 Å². The molecule has 2 aromatic rings. The minimum atomic E-state index is -4.07. The third kappa shape index (κ3) is 5.56. The summed E-state index contributed by atoms with van der Waals surface area (Å²) in [5.41, 5.74) is 1.16. The molecule has 4 amide bonds. The zero-order chi connectivity index (χ0) is 25.9. The summed E-state index contributed by atoms with van der Waals surface area (Å²) in [6, 6.07) is 10.8. The molecular weight excluding hydrogens is 486 g/mol. The predicted molar refractivity (Wildman–Crippen MR) is 129 cm³/mol. The number of rotatable bonds is 7. The van der Waals surface area contributed by atoms with Crippen molar-refractivity contribution in [3.05, 3.63) is 59.7 Å². The third-order valence-corrected chi connectivity index (χ3v) is 7.74. The van der Waals surface area contributed by atoms with Crippen LogP contribution in [0, 0.1) is 18.8 Å². The molecule has 190 valence electrons. The summed E-state index contributed by atoms with van der Waals surface area (Å²) in [5, 5.41) is 2.38. The first-order valence-corrected chi connectivity index (χ1v) is 13.2. The van der Waals surface area contributed by atoms with Crippen molar-refractivity contribution in [2.45, 2.75) is 37.5 Å². The maximum atomic E-state index is 12.5. The topological polar surface area (TPSA) is 139 Å². The number of anilines is 1. The molecule has 1 aliphatic heterocycles. The lowest BCUT2D eigenvalue weighted by molar-refractivity contribution is -0.140. The largest absolute Gasteiger partial charge is 0.460 e. The van der Waals surface area contributed by atoms with Crippen molar-refractivity contribution in [2.24, 2.45) is 11.8 Å². The van der Waals surface area contributed by atoms with Gasteiger partial charge in [0.15, 0.2) is 0 Å². The van der Waals surface area contributed by atoms with Gasteiger partial charge in [-0.25, -0.2) is 22.7 Å². The number of amides is 4. The second kappa shape index (κ2) is 10.5. The van der Waals surface area contributed by atoms with Crippen molar-refractivity contribution in [1.82, 2.24) is 9.62 Å². The van der Waals surface area contributed by atoms with Crippen LogP contribution in [0.1, 0.15) is 41.6 Å². The van der Waals surface area contributed by atoms with Crippen LogP contribution in [0.3, 0.4) is 0 Å². The molecule has 2 aliphatic rings. The van der Waals surface area contributed by atoms with E-state index in [9.17, 15) is 27.6 Å². The van der Waals surface area contributed by atoms with E-state index in [2.05, 4.69) is 5.32 Å². The fourth-order valence-electron chi connectivity index (χ4n) is 4.54. The number of urea groups is 1. The minimum absolute atomic E-state index is 0.00633. The van der Waals surface area contributed by atoms with Gasteiger partial charge in [-0.05, 0) is 50.1 Å². The van der Waals surface area contributed by atoms with E-state index >= 15 is 0 Å². The molecule has 0 spiro atoms. The van der Waals surface area contributed by atoms with Crippen molar-refractivity contribution < 1.29 is 32.3 Å². The molecule has 2 atom stereocenters. The Hall–Kier alpha value is -3.73. The van der Waals surface area contributed by atoms with Crippen molar-refractivity contribution >= 4 is 39.5 Å². The number of benzene rings is 2. The van der Waals surface area contributed by atoms with Crippen LogP contribution in [0.25, 0.3) is 0 Å². The first-order valence-electron chi connectivity index (χ1n) is 11.7. The molecule has 1 aliphatic carbocycles. The lowest BCUT2D eigenvalue weighted by Gasteiger charge is -2.19. The number of carbonyl (C=O) groups excluding carboxylic acids is 4. The first kappa shape index (κ1) is 25.4. The maximum Gasteiger partial charge on any atom is 0.338 e. The number of carbonyl (C=O) groups is 4. The highest BCUT2D eigenvalue weighted by Gasteiger charge is 2.47. The summed E-state index contributed by atoms with van der Waals surface area (Å²) in [6.45, 7) is 1.65. The molecule has 36 heavy (non-hydrogen) atoms. The van der Waals surface area contributed by atoms with E-state index in [0.717, 1.165) is 18.4 Å². The molecule has 4 rings (SSSR count). The number of likely N-dealkylation sites (tertiary alicyclic amines) is 1. The molecule has 11 heteroatoms. The Morgan fingerprint density at radius 2 is 1.64 bits per heavy atom. The van der Waals surface area contributed by atoms with Gasteiger partial charge in [0.2, 0.25) is 11.8 Å². The van der Waals surface area contributed by atoms with E-state index in [0.29, 0.717) is 12.8 Å². The number of fused-ring (bicyclic) bond motifs is 1. The van der Waals surface area contributed by atoms with Gasteiger partial charge < -0.3 is 10.1 Å². The average Bonchev–Trinajstić information content (AvgIpc) is 3.09. The second-order valence-corrected chi connectivity index (χ2v) is 10.6. The summed E-state index contributed by atoms with van der Waals surface area (Å²) >= 11 is 0. The summed E-state index contributed by atoms with van der Waals surface area (Å²) in [5.74, 6) is -1.61. The van der Waals surface area contributed by atoms with Crippen LogP contribution in [0.2, 0.25) is 0 Å². The standard InChI is InChI=1S/C25H27N3O7S/c1-16-9-11-19(12-10-16)36(33,34)27-25(32)26-18-6-4-5-17(15-18)24(31)35-14-13-28-22(29)20-7-2-3-8-21(20)23(28)30/h4-6,9-12,15,20-21H,2-3,7-8,13-14H2,1H3,(H2,26,27,32). The van der Waals surface area contributed by atoms with E-state index in [1.54, 1.807) is 12.1 Å². The van der Waals surface area contributed by atoms with Crippen LogP contribution in [0.15, 0.2) is 53.4 Å². The molecule has 1 saturated carbocycles. The molecule has 0 bridgehead atoms. The van der Waals surface area contributed by atoms with Crippen LogP contribution in [-0.4, -0.2) is 50.3 Å². The zero-order valence-electron chi connectivity index (χ0n) is 19.7. The Labute approximate surface area is 209 Å². The lowest BCUT2D eigenvalue weighted by Crippen LogP contribution is -2.34. The van der Waals surface area contributed by atoms with Gasteiger partial charge in [0.1, 0.15) is 6.61 Å². The number of imide groups is 1. The molecule has 2 unspecified atom stereocenters. The van der Waals surface area contributed by atoms with Crippen LogP contribution in [0.4, 0.5) is 10.5 Å². The summed E-state index contributed by atoms with van der Waals surface area (Å²) < 4.78 is 31.9. The molecule has 0 aromatic heterocycles. The van der Waals surface area contributed by atoms with E-state index in [-0.39, 0.29) is 52.9 Å². The van der Waals surface area contributed by atoms with Gasteiger partial charge >= 0.3 is 12.0 Å². The normalized spacial score (nSPS) is 19.5. The number of ether oxygens (including phenoxy) is 1. The summed E-state index contributed by atoms with van der Waals surface area (Å²) in [6.07, 6.45) is 3.29. The Morgan fingerprint density at radius 3 is 2.28 bits per heavy atom. The van der Waals surface area contributed by atoms with Gasteiger partial charge in [-0.1, -0.05) is 36.6 Å². The Bertz CT molecular complexity index is 1270. The molecular formula is C25H27N3O7S. The fraction of sp³-hybridized carbons (Fsp3) is 0.360. The van der Waals surface area contributed by atoms with Crippen molar-refractivity contribution in [3.63, 3.8) is 0 Å². The average molecular weight is 514 g/mol. The zero-order valence-corrected chi connectivity index (χ0v) is 20.5. The Morgan fingerprint density at radius 1 is 1.00 bits per heavy atom. The molecule has 10 nitrogen and oxygen atoms in total. The molecule has 2 aromatic carbocycles. The van der Waals surface area contributed by atoms with Crippen molar-refractivity contribution in [3.8, 4) is 0 Å². The van der Waals surface area contributed by atoms with Crippen LogP contribution in [0.5, 0.6) is 0 Å². The smallest absolute Gasteiger partial charge is 0.338 e. The van der Waals surface area contributed by atoms with Crippen LogP contribution < -0.4 is 10.0 Å². The lowest BCUT2D eigenvalue weighted by atomic mass is 9.81. The minimum Gasteiger partial charge on any atom is -0.460 e. The number of sulfonamides is 1. The number of nitrogens with one attached hydrogen (secondary N) is 2. The summed E-state index contributed by atoms with van der Waals surface area (Å²) in [4.78, 5) is 50.9. The fourth-order valence-corrected chi connectivity index (χ4v) is 5.45. The second-order valence-electron chi connectivity index (χ2n) is 8.91. The number of nitrogens with zero attached hydrogens (tertiary/aromatic N) is 1. The quantitative estimate of drug-likeness (QED) is 0.429. The molecule has 0 radical (unpaired) electrons. The van der Waals surface area contributed by atoms with E-state index < -0.39 is 22.0 Å². The van der Waals surface area contributed by atoms with Gasteiger partial charge in [0.25, 0.3) is 10.0 Å². The van der Waals surface area contributed by atoms with Gasteiger partial charge in [0.05, 0.1) is 28.8 Å². The van der Waals surface area contributed by atoms with E-state index in [1.165, 1.54) is 41.3 Å². The molecule has 2 fully saturated rings. The van der Waals surface area contributed by atoms with Gasteiger partial charge in [-0.15, -0.1) is 0 Å². The first-order chi connectivity index (χ1) is 17.2. The highest BCUT2D eigenvalue weighted by Crippen LogP contribution is 2.37. The predicted octanol–water partition coefficient (Wildman–Crippen LogP) is 2.84. The maximum absolute atomic E-state index is 12.5. The Kier molecular flexibility index (Phi) is 7.39. The van der Waals surface area contributed by atoms with Crippen LogP contribution in [-0.2, 0) is 24.3 Å². The van der Waals surface area contributed by atoms with Crippen LogP contribution >= 0.6 is 0 Å². The van der Waals surface area contributed by atoms with Gasteiger partial charge in [0, 0.05) is 5.69 Å². The van der Waals surface area contributed by atoms with Crippen molar-refractivity contribution in [1.29, 1.82) is 0 Å². The van der Waals surface area contributed by atoms with E-state index in [1.807, 2.05) is 11.6 Å². The molecule has 1 saturated heterocycles. The number of hydrogen-bond donors (Lipinski definition) is 2.